The molecule has 2 rings (SSSR count). The summed E-state index contributed by atoms with van der Waals surface area (Å²) >= 11 is 0. The van der Waals surface area contributed by atoms with Crippen LogP contribution in [0.3, 0.4) is 0 Å². The summed E-state index contributed by atoms with van der Waals surface area (Å²) in [6.45, 7) is 4.05. The Kier molecular flexibility index (Phi) is 6.72. The number of hydrogen-bond donors (Lipinski definition) is 2. The second kappa shape index (κ2) is 8.05. The highest BCUT2D eigenvalue weighted by atomic mass is 35.5. The number of amides is 1. The lowest BCUT2D eigenvalue weighted by molar-refractivity contribution is -0.122. The molecule has 116 valence electrons. The van der Waals surface area contributed by atoms with Crippen LogP contribution in [0.2, 0.25) is 0 Å². The molecule has 0 bridgehead atoms. The number of carbonyl (C=O) groups excluding carboxylic acids is 1. The zero-order chi connectivity index (χ0) is 14.4. The van der Waals surface area contributed by atoms with E-state index in [1.807, 2.05) is 18.2 Å². The lowest BCUT2D eigenvalue weighted by Gasteiger charge is -2.31. The Hall–Kier alpha value is -1.52. The molecule has 0 spiro atoms. The van der Waals surface area contributed by atoms with Gasteiger partial charge in [0.2, 0.25) is 5.91 Å². The fraction of sp³-hybridized carbons (Fsp3) is 0.438. The normalized spacial score (nSPS) is 16.4. The van der Waals surface area contributed by atoms with Crippen molar-refractivity contribution in [2.45, 2.75) is 37.6 Å². The van der Waals surface area contributed by atoms with Crippen LogP contribution >= 0.6 is 12.4 Å². The Morgan fingerprint density at radius 3 is 2.76 bits per heavy atom. The molecule has 1 aliphatic rings. The Balaban J connectivity index is 0.00000220. The minimum absolute atomic E-state index is 0. The second-order valence-electron chi connectivity index (χ2n) is 5.30. The number of ether oxygens (including phenoxy) is 1. The maximum absolute atomic E-state index is 12.3. The second-order valence-corrected chi connectivity index (χ2v) is 5.30. The van der Waals surface area contributed by atoms with E-state index in [9.17, 15) is 4.79 Å². The minimum atomic E-state index is -0.726. The van der Waals surface area contributed by atoms with Crippen molar-refractivity contribution in [3.05, 3.63) is 36.9 Å². The van der Waals surface area contributed by atoms with Gasteiger partial charge in [-0.1, -0.05) is 38.0 Å². The molecule has 0 unspecified atom stereocenters. The third kappa shape index (κ3) is 4.76. The molecule has 3 N–H and O–H groups in total. The first-order valence-electron chi connectivity index (χ1n) is 7.08. The van der Waals surface area contributed by atoms with E-state index in [1.54, 1.807) is 12.1 Å². The Morgan fingerprint density at radius 1 is 1.38 bits per heavy atom. The van der Waals surface area contributed by atoms with Crippen LogP contribution in [0.4, 0.5) is 5.69 Å². The molecule has 0 saturated heterocycles. The van der Waals surface area contributed by atoms with E-state index < -0.39 is 5.54 Å². The average Bonchev–Trinajstić information content (AvgIpc) is 2.46. The van der Waals surface area contributed by atoms with Gasteiger partial charge in [0.25, 0.3) is 0 Å². The first-order valence-corrected chi connectivity index (χ1v) is 7.08. The van der Waals surface area contributed by atoms with E-state index in [1.165, 1.54) is 0 Å². The van der Waals surface area contributed by atoms with E-state index in [2.05, 4.69) is 11.9 Å². The molecule has 0 atom stereocenters. The number of benzene rings is 1. The van der Waals surface area contributed by atoms with Crippen LogP contribution in [0.15, 0.2) is 36.9 Å². The van der Waals surface area contributed by atoms with Crippen LogP contribution in [-0.4, -0.2) is 18.1 Å². The van der Waals surface area contributed by atoms with E-state index in [-0.39, 0.29) is 18.3 Å². The predicted molar refractivity (Wildman–Crippen MR) is 88.0 cm³/mol. The number of rotatable bonds is 5. The van der Waals surface area contributed by atoms with Gasteiger partial charge >= 0.3 is 0 Å². The highest BCUT2D eigenvalue weighted by Gasteiger charge is 2.35. The average molecular weight is 311 g/mol. The molecule has 1 aromatic carbocycles. The maximum atomic E-state index is 12.3. The summed E-state index contributed by atoms with van der Waals surface area (Å²) in [5.74, 6) is 0.607. The molecule has 21 heavy (non-hydrogen) atoms. The molecular weight excluding hydrogens is 288 g/mol. The van der Waals surface area contributed by atoms with E-state index in [0.717, 1.165) is 32.1 Å². The van der Waals surface area contributed by atoms with Crippen LogP contribution in [0.25, 0.3) is 0 Å². The summed E-state index contributed by atoms with van der Waals surface area (Å²) in [5.41, 5.74) is 6.20. The molecule has 1 aromatic rings. The summed E-state index contributed by atoms with van der Waals surface area (Å²) in [6, 6.07) is 7.33. The van der Waals surface area contributed by atoms with Crippen molar-refractivity contribution in [3.8, 4) is 5.75 Å². The van der Waals surface area contributed by atoms with Gasteiger partial charge in [0.1, 0.15) is 12.4 Å². The van der Waals surface area contributed by atoms with Gasteiger partial charge in [0.15, 0.2) is 0 Å². The molecule has 4 nitrogen and oxygen atoms in total. The van der Waals surface area contributed by atoms with Gasteiger partial charge in [0.05, 0.1) is 5.54 Å². The summed E-state index contributed by atoms with van der Waals surface area (Å²) < 4.78 is 5.45. The van der Waals surface area contributed by atoms with Crippen LogP contribution < -0.4 is 15.8 Å². The SMILES string of the molecule is C=CCOc1cccc(NC(=O)C2(N)CCCCC2)c1.Cl. The maximum Gasteiger partial charge on any atom is 0.244 e. The third-order valence-corrected chi connectivity index (χ3v) is 3.66. The van der Waals surface area contributed by atoms with Gasteiger partial charge in [0, 0.05) is 11.8 Å². The van der Waals surface area contributed by atoms with Gasteiger partial charge in [-0.25, -0.2) is 0 Å². The molecule has 1 saturated carbocycles. The molecule has 0 radical (unpaired) electrons. The Labute approximate surface area is 132 Å². The monoisotopic (exact) mass is 310 g/mol. The van der Waals surface area contributed by atoms with Crippen molar-refractivity contribution >= 4 is 24.0 Å². The number of nitrogens with two attached hydrogens (primary N) is 1. The standard InChI is InChI=1S/C16H22N2O2.ClH/c1-2-11-20-14-8-6-7-13(12-14)18-15(19)16(17)9-4-3-5-10-16;/h2,6-8,12H,1,3-5,9-11,17H2,(H,18,19);1H. The quantitative estimate of drug-likeness (QED) is 0.820. The zero-order valence-corrected chi connectivity index (χ0v) is 13.0. The zero-order valence-electron chi connectivity index (χ0n) is 12.1. The molecule has 5 heteroatoms. The molecule has 1 amide bonds. The smallest absolute Gasteiger partial charge is 0.244 e. The number of nitrogens with one attached hydrogen (secondary N) is 1. The molecular formula is C16H23ClN2O2. The number of halogens is 1. The number of anilines is 1. The summed E-state index contributed by atoms with van der Waals surface area (Å²) in [7, 11) is 0. The van der Waals surface area contributed by atoms with Crippen molar-refractivity contribution in [3.63, 3.8) is 0 Å². The van der Waals surface area contributed by atoms with Crippen molar-refractivity contribution in [1.29, 1.82) is 0 Å². The summed E-state index contributed by atoms with van der Waals surface area (Å²) in [4.78, 5) is 12.3. The number of hydrogen-bond acceptors (Lipinski definition) is 3. The van der Waals surface area contributed by atoms with Crippen molar-refractivity contribution < 1.29 is 9.53 Å². The van der Waals surface area contributed by atoms with Crippen molar-refractivity contribution in [2.24, 2.45) is 5.73 Å². The molecule has 0 heterocycles. The Bertz CT molecular complexity index is 485. The highest BCUT2D eigenvalue weighted by Crippen LogP contribution is 2.27. The summed E-state index contributed by atoms with van der Waals surface area (Å²) in [6.07, 6.45) is 6.40. The van der Waals surface area contributed by atoms with Gasteiger partial charge in [-0.05, 0) is 25.0 Å². The topological polar surface area (TPSA) is 64.3 Å². The lowest BCUT2D eigenvalue weighted by Crippen LogP contribution is -2.52. The van der Waals surface area contributed by atoms with Crippen LogP contribution in [0.1, 0.15) is 32.1 Å². The van der Waals surface area contributed by atoms with Crippen LogP contribution in [0.5, 0.6) is 5.75 Å². The molecule has 0 aliphatic heterocycles. The largest absolute Gasteiger partial charge is 0.489 e. The van der Waals surface area contributed by atoms with Crippen molar-refractivity contribution in [1.82, 2.24) is 0 Å². The van der Waals surface area contributed by atoms with Gasteiger partial charge in [-0.3, -0.25) is 4.79 Å². The minimum Gasteiger partial charge on any atom is -0.489 e. The third-order valence-electron chi connectivity index (χ3n) is 3.66. The van der Waals surface area contributed by atoms with E-state index in [0.29, 0.717) is 18.0 Å². The van der Waals surface area contributed by atoms with Crippen molar-refractivity contribution in [2.75, 3.05) is 11.9 Å². The molecule has 1 aliphatic carbocycles. The predicted octanol–water partition coefficient (Wildman–Crippen LogP) is 3.27. The van der Waals surface area contributed by atoms with Gasteiger partial charge in [-0.15, -0.1) is 12.4 Å². The van der Waals surface area contributed by atoms with Gasteiger partial charge < -0.3 is 15.8 Å². The van der Waals surface area contributed by atoms with Crippen LogP contribution in [-0.2, 0) is 4.79 Å². The fourth-order valence-corrected chi connectivity index (χ4v) is 2.48. The van der Waals surface area contributed by atoms with Crippen LogP contribution in [0, 0.1) is 0 Å². The highest BCUT2D eigenvalue weighted by molar-refractivity contribution is 5.98. The lowest BCUT2D eigenvalue weighted by atomic mass is 9.82. The van der Waals surface area contributed by atoms with E-state index >= 15 is 0 Å². The first kappa shape index (κ1) is 17.5. The number of carbonyl (C=O) groups is 1. The van der Waals surface area contributed by atoms with E-state index in [4.69, 9.17) is 10.5 Å². The first-order chi connectivity index (χ1) is 9.64. The Morgan fingerprint density at radius 2 is 2.10 bits per heavy atom. The molecule has 1 fully saturated rings. The summed E-state index contributed by atoms with van der Waals surface area (Å²) in [5, 5.41) is 2.90. The fourth-order valence-electron chi connectivity index (χ4n) is 2.48. The molecule has 0 aromatic heterocycles. The van der Waals surface area contributed by atoms with Gasteiger partial charge in [-0.2, -0.15) is 0 Å².